The van der Waals surface area contributed by atoms with E-state index in [1.807, 2.05) is 20.8 Å². The summed E-state index contributed by atoms with van der Waals surface area (Å²) in [5.74, 6) is -0.691. The van der Waals surface area contributed by atoms with Crippen molar-refractivity contribution >= 4 is 11.9 Å². The molecule has 20 heavy (non-hydrogen) atoms. The van der Waals surface area contributed by atoms with Gasteiger partial charge in [0, 0.05) is 0 Å². The first-order valence-electron chi connectivity index (χ1n) is 7.57. The fraction of sp³-hybridized carbons (Fsp3) is 0.875. The van der Waals surface area contributed by atoms with Gasteiger partial charge in [-0.15, -0.1) is 0 Å². The van der Waals surface area contributed by atoms with E-state index in [9.17, 15) is 9.59 Å². The Balaban J connectivity index is 5.43. The maximum Gasteiger partial charge on any atom is 0.323 e. The second-order valence-electron chi connectivity index (χ2n) is 6.34. The molecule has 0 saturated heterocycles. The van der Waals surface area contributed by atoms with E-state index in [2.05, 4.69) is 0 Å². The van der Waals surface area contributed by atoms with Crippen LogP contribution in [0.2, 0.25) is 0 Å². The van der Waals surface area contributed by atoms with Gasteiger partial charge in [-0.3, -0.25) is 9.59 Å². The lowest BCUT2D eigenvalue weighted by atomic mass is 9.76. The molecule has 0 radical (unpaired) electrons. The molecule has 0 amide bonds. The summed E-state index contributed by atoms with van der Waals surface area (Å²) in [5, 5.41) is 0. The van der Waals surface area contributed by atoms with Gasteiger partial charge in [-0.05, 0) is 46.5 Å². The maximum absolute atomic E-state index is 12.5. The minimum atomic E-state index is -1.17. The molecule has 4 heteroatoms. The fourth-order valence-electron chi connectivity index (χ4n) is 2.33. The Labute approximate surface area is 123 Å². The van der Waals surface area contributed by atoms with Gasteiger partial charge in [-0.2, -0.15) is 0 Å². The van der Waals surface area contributed by atoms with Gasteiger partial charge in [0.25, 0.3) is 0 Å². The summed E-state index contributed by atoms with van der Waals surface area (Å²) < 4.78 is 10.7. The second-order valence-corrected chi connectivity index (χ2v) is 6.34. The summed E-state index contributed by atoms with van der Waals surface area (Å²) in [6.07, 6.45) is 1.17. The third-order valence-corrected chi connectivity index (χ3v) is 2.90. The normalized spacial score (nSPS) is 12.1. The fourth-order valence-corrected chi connectivity index (χ4v) is 2.33. The van der Waals surface area contributed by atoms with E-state index in [1.54, 1.807) is 27.7 Å². The molecule has 0 bridgehead atoms. The molecule has 0 heterocycles. The van der Waals surface area contributed by atoms with E-state index in [-0.39, 0.29) is 18.1 Å². The third-order valence-electron chi connectivity index (χ3n) is 2.90. The van der Waals surface area contributed by atoms with Crippen LogP contribution in [-0.2, 0) is 19.1 Å². The quantitative estimate of drug-likeness (QED) is 0.504. The highest BCUT2D eigenvalue weighted by molar-refractivity contribution is 6.00. The van der Waals surface area contributed by atoms with E-state index < -0.39 is 17.4 Å². The minimum Gasteiger partial charge on any atom is -0.462 e. The number of hydrogen-bond acceptors (Lipinski definition) is 4. The summed E-state index contributed by atoms with van der Waals surface area (Å²) >= 11 is 0. The van der Waals surface area contributed by atoms with E-state index >= 15 is 0 Å². The lowest BCUT2D eigenvalue weighted by Crippen LogP contribution is -2.44. The monoisotopic (exact) mass is 286 g/mol. The molecule has 0 aliphatic heterocycles. The molecule has 0 aromatic rings. The number of ether oxygens (including phenoxy) is 2. The van der Waals surface area contributed by atoms with Crippen LogP contribution in [0.1, 0.15) is 67.7 Å². The van der Waals surface area contributed by atoms with Crippen LogP contribution in [0.15, 0.2) is 0 Å². The highest BCUT2D eigenvalue weighted by atomic mass is 16.6. The molecule has 0 saturated carbocycles. The van der Waals surface area contributed by atoms with Crippen molar-refractivity contribution in [3.05, 3.63) is 0 Å². The number of esters is 2. The molecule has 0 aromatic heterocycles. The van der Waals surface area contributed by atoms with Crippen molar-refractivity contribution in [2.75, 3.05) is 0 Å². The molecule has 0 N–H and O–H groups in total. The zero-order chi connectivity index (χ0) is 15.9. The minimum absolute atomic E-state index is 0.209. The van der Waals surface area contributed by atoms with Gasteiger partial charge in [0.05, 0.1) is 12.2 Å². The van der Waals surface area contributed by atoms with E-state index in [1.165, 1.54) is 0 Å². The van der Waals surface area contributed by atoms with Crippen LogP contribution in [0.5, 0.6) is 0 Å². The Hall–Kier alpha value is -1.06. The van der Waals surface area contributed by atoms with Gasteiger partial charge in [-0.1, -0.05) is 27.2 Å². The standard InChI is InChI=1S/C16H30O4/c1-8-9-16(10-11(2)3,14(17)19-12(4)5)15(18)20-13(6)7/h11-13H,8-10H2,1-7H3. The summed E-state index contributed by atoms with van der Waals surface area (Å²) in [6.45, 7) is 13.1. The van der Waals surface area contributed by atoms with Crippen LogP contribution in [0.3, 0.4) is 0 Å². The van der Waals surface area contributed by atoms with Crippen molar-refractivity contribution in [1.82, 2.24) is 0 Å². The zero-order valence-corrected chi connectivity index (χ0v) is 14.0. The molecule has 0 spiro atoms. The van der Waals surface area contributed by atoms with Gasteiger partial charge < -0.3 is 9.47 Å². The average molecular weight is 286 g/mol. The zero-order valence-electron chi connectivity index (χ0n) is 14.0. The summed E-state index contributed by atoms with van der Waals surface area (Å²) in [6, 6.07) is 0. The van der Waals surface area contributed by atoms with Gasteiger partial charge in [0.2, 0.25) is 0 Å². The van der Waals surface area contributed by atoms with Crippen molar-refractivity contribution < 1.29 is 19.1 Å². The molecule has 0 atom stereocenters. The largest absolute Gasteiger partial charge is 0.462 e. The smallest absolute Gasteiger partial charge is 0.323 e. The Bertz CT molecular complexity index is 296. The molecule has 0 aliphatic rings. The number of carbonyl (C=O) groups excluding carboxylic acids is 2. The van der Waals surface area contributed by atoms with Crippen molar-refractivity contribution in [2.24, 2.45) is 11.3 Å². The lowest BCUT2D eigenvalue weighted by molar-refractivity contribution is -0.179. The lowest BCUT2D eigenvalue weighted by Gasteiger charge is -2.32. The molecule has 0 aliphatic carbocycles. The predicted octanol–water partition coefficient (Wildman–Crippen LogP) is 3.72. The van der Waals surface area contributed by atoms with Crippen molar-refractivity contribution in [2.45, 2.75) is 79.9 Å². The molecular weight excluding hydrogens is 256 g/mol. The summed E-state index contributed by atoms with van der Waals surface area (Å²) in [4.78, 5) is 25.0. The first kappa shape index (κ1) is 18.9. The molecule has 0 aromatic carbocycles. The molecule has 0 unspecified atom stereocenters. The highest BCUT2D eigenvalue weighted by Crippen LogP contribution is 2.36. The van der Waals surface area contributed by atoms with Crippen molar-refractivity contribution in [1.29, 1.82) is 0 Å². The second kappa shape index (κ2) is 8.28. The number of carbonyl (C=O) groups is 2. The molecule has 118 valence electrons. The van der Waals surface area contributed by atoms with E-state index in [4.69, 9.17) is 9.47 Å². The van der Waals surface area contributed by atoms with E-state index in [0.29, 0.717) is 12.8 Å². The Kier molecular flexibility index (Phi) is 7.84. The van der Waals surface area contributed by atoms with Gasteiger partial charge in [0.1, 0.15) is 0 Å². The Morgan fingerprint density at radius 1 is 0.900 bits per heavy atom. The van der Waals surface area contributed by atoms with Crippen LogP contribution in [0.25, 0.3) is 0 Å². The Morgan fingerprint density at radius 2 is 1.30 bits per heavy atom. The topological polar surface area (TPSA) is 52.6 Å². The molecule has 0 rings (SSSR count). The highest BCUT2D eigenvalue weighted by Gasteiger charge is 2.49. The maximum atomic E-state index is 12.5. The molecular formula is C16H30O4. The summed E-state index contributed by atoms with van der Waals surface area (Å²) in [7, 11) is 0. The molecule has 4 nitrogen and oxygen atoms in total. The van der Waals surface area contributed by atoms with Gasteiger partial charge in [-0.25, -0.2) is 0 Å². The predicted molar refractivity (Wildman–Crippen MR) is 79.3 cm³/mol. The first-order chi connectivity index (χ1) is 9.15. The van der Waals surface area contributed by atoms with Crippen LogP contribution < -0.4 is 0 Å². The van der Waals surface area contributed by atoms with Gasteiger partial charge in [0.15, 0.2) is 5.41 Å². The van der Waals surface area contributed by atoms with Crippen LogP contribution in [0, 0.1) is 11.3 Å². The van der Waals surface area contributed by atoms with E-state index in [0.717, 1.165) is 6.42 Å². The van der Waals surface area contributed by atoms with Crippen LogP contribution >= 0.6 is 0 Å². The Morgan fingerprint density at radius 3 is 1.55 bits per heavy atom. The van der Waals surface area contributed by atoms with Gasteiger partial charge >= 0.3 is 11.9 Å². The molecule has 0 fully saturated rings. The number of hydrogen-bond donors (Lipinski definition) is 0. The van der Waals surface area contributed by atoms with Crippen LogP contribution in [0.4, 0.5) is 0 Å². The average Bonchev–Trinajstić information content (AvgIpc) is 2.25. The van der Waals surface area contributed by atoms with Crippen molar-refractivity contribution in [3.63, 3.8) is 0 Å². The van der Waals surface area contributed by atoms with Crippen LogP contribution in [-0.4, -0.2) is 24.1 Å². The first-order valence-corrected chi connectivity index (χ1v) is 7.57. The third kappa shape index (κ3) is 5.51. The number of rotatable bonds is 8. The SMILES string of the molecule is CCCC(CC(C)C)(C(=O)OC(C)C)C(=O)OC(C)C. The van der Waals surface area contributed by atoms with Crippen molar-refractivity contribution in [3.8, 4) is 0 Å². The summed E-state index contributed by atoms with van der Waals surface area (Å²) in [5.41, 5.74) is -1.17.